The van der Waals surface area contributed by atoms with Gasteiger partial charge < -0.3 is 9.64 Å². The number of methoxy groups -OCH3 is 1. The molecule has 1 heterocycles. The van der Waals surface area contributed by atoms with E-state index < -0.39 is 0 Å². The molecule has 0 aliphatic carbocycles. The van der Waals surface area contributed by atoms with Crippen LogP contribution in [0.5, 0.6) is 5.75 Å². The van der Waals surface area contributed by atoms with Gasteiger partial charge in [0, 0.05) is 17.1 Å². The van der Waals surface area contributed by atoms with Gasteiger partial charge in [0.05, 0.1) is 7.11 Å². The van der Waals surface area contributed by atoms with E-state index in [4.69, 9.17) is 4.74 Å². The normalized spacial score (nSPS) is 17.9. The molecule has 4 heteroatoms. The van der Waals surface area contributed by atoms with Gasteiger partial charge in [0.15, 0.2) is 0 Å². The smallest absolute Gasteiger partial charge is 0.119 e. The van der Waals surface area contributed by atoms with Gasteiger partial charge in [0.25, 0.3) is 0 Å². The maximum absolute atomic E-state index is 5.30. The third kappa shape index (κ3) is 3.94. The summed E-state index contributed by atoms with van der Waals surface area (Å²) in [5, 5.41) is 0. The summed E-state index contributed by atoms with van der Waals surface area (Å²) in [5.74, 6) is 0.932. The minimum absolute atomic E-state index is 0.741. The van der Waals surface area contributed by atoms with Crippen LogP contribution in [0.15, 0.2) is 22.7 Å². The number of piperidine rings is 1. The van der Waals surface area contributed by atoms with Crippen molar-refractivity contribution in [1.82, 2.24) is 9.80 Å². The summed E-state index contributed by atoms with van der Waals surface area (Å²) < 4.78 is 6.47. The van der Waals surface area contributed by atoms with Gasteiger partial charge in [-0.25, -0.2) is 0 Å². The zero-order valence-corrected chi connectivity index (χ0v) is 13.6. The second kappa shape index (κ2) is 6.73. The molecule has 19 heavy (non-hydrogen) atoms. The van der Waals surface area contributed by atoms with Gasteiger partial charge in [-0.05, 0) is 63.8 Å². The van der Waals surface area contributed by atoms with Crippen molar-refractivity contribution in [3.63, 3.8) is 0 Å². The summed E-state index contributed by atoms with van der Waals surface area (Å²) >= 11 is 3.63. The highest BCUT2D eigenvalue weighted by Crippen LogP contribution is 2.25. The Morgan fingerprint density at radius 3 is 2.58 bits per heavy atom. The topological polar surface area (TPSA) is 15.7 Å². The van der Waals surface area contributed by atoms with Crippen LogP contribution in [-0.4, -0.2) is 50.1 Å². The second-order valence-electron chi connectivity index (χ2n) is 5.43. The minimum Gasteiger partial charge on any atom is -0.497 e. The van der Waals surface area contributed by atoms with Crippen molar-refractivity contribution in [2.45, 2.75) is 25.4 Å². The van der Waals surface area contributed by atoms with Gasteiger partial charge >= 0.3 is 0 Å². The lowest BCUT2D eigenvalue weighted by molar-refractivity contribution is 0.139. The van der Waals surface area contributed by atoms with E-state index in [9.17, 15) is 0 Å². The van der Waals surface area contributed by atoms with Gasteiger partial charge in [-0.15, -0.1) is 0 Å². The van der Waals surface area contributed by atoms with Crippen molar-refractivity contribution in [1.29, 1.82) is 0 Å². The molecule has 106 valence electrons. The lowest BCUT2D eigenvalue weighted by Crippen LogP contribution is -2.41. The molecular weight excluding hydrogens is 304 g/mol. The zero-order chi connectivity index (χ0) is 13.8. The summed E-state index contributed by atoms with van der Waals surface area (Å²) in [6, 6.07) is 6.93. The molecule has 1 fully saturated rings. The molecule has 0 radical (unpaired) electrons. The van der Waals surface area contributed by atoms with Crippen LogP contribution in [0.1, 0.15) is 18.4 Å². The van der Waals surface area contributed by atoms with Crippen LogP contribution >= 0.6 is 15.9 Å². The maximum Gasteiger partial charge on any atom is 0.119 e. The first-order valence-electron chi connectivity index (χ1n) is 6.81. The first-order chi connectivity index (χ1) is 9.10. The molecular formula is C15H23BrN2O. The van der Waals surface area contributed by atoms with E-state index in [0.29, 0.717) is 0 Å². The average Bonchev–Trinajstić information content (AvgIpc) is 2.42. The van der Waals surface area contributed by atoms with Crippen molar-refractivity contribution in [3.05, 3.63) is 28.2 Å². The molecule has 0 N–H and O–H groups in total. The molecule has 0 atom stereocenters. The average molecular weight is 327 g/mol. The van der Waals surface area contributed by atoms with Crippen molar-refractivity contribution in [2.24, 2.45) is 0 Å². The lowest BCUT2D eigenvalue weighted by Gasteiger charge is -2.35. The predicted octanol–water partition coefficient (Wildman–Crippen LogP) is 2.98. The fourth-order valence-corrected chi connectivity index (χ4v) is 3.01. The SMILES string of the molecule is COc1ccc(Br)c(CN2CCC(N(C)C)CC2)c1. The number of hydrogen-bond acceptors (Lipinski definition) is 3. The third-order valence-electron chi connectivity index (χ3n) is 3.93. The molecule has 1 saturated heterocycles. The summed E-state index contributed by atoms with van der Waals surface area (Å²) in [5.41, 5.74) is 1.31. The van der Waals surface area contributed by atoms with Crippen LogP contribution in [0.25, 0.3) is 0 Å². The van der Waals surface area contributed by atoms with E-state index in [-0.39, 0.29) is 0 Å². The molecule has 0 bridgehead atoms. The highest BCUT2D eigenvalue weighted by molar-refractivity contribution is 9.10. The molecule has 0 amide bonds. The fourth-order valence-electron chi connectivity index (χ4n) is 2.63. The lowest BCUT2D eigenvalue weighted by atomic mass is 10.0. The van der Waals surface area contributed by atoms with Crippen LogP contribution in [-0.2, 0) is 6.54 Å². The Bertz CT molecular complexity index is 415. The number of likely N-dealkylation sites (tertiary alicyclic amines) is 1. The Hall–Kier alpha value is -0.580. The zero-order valence-electron chi connectivity index (χ0n) is 12.0. The Kier molecular flexibility index (Phi) is 5.25. The van der Waals surface area contributed by atoms with Crippen molar-refractivity contribution >= 4 is 15.9 Å². The second-order valence-corrected chi connectivity index (χ2v) is 6.28. The first-order valence-corrected chi connectivity index (χ1v) is 7.60. The molecule has 1 aromatic carbocycles. The number of ether oxygens (including phenoxy) is 1. The van der Waals surface area contributed by atoms with Gasteiger partial charge in [0.1, 0.15) is 5.75 Å². The molecule has 1 aliphatic heterocycles. The highest BCUT2D eigenvalue weighted by atomic mass is 79.9. The quantitative estimate of drug-likeness (QED) is 0.846. The first kappa shape index (κ1) is 14.8. The standard InChI is InChI=1S/C15H23BrN2O/c1-17(2)13-6-8-18(9-7-13)11-12-10-14(19-3)4-5-15(12)16/h4-5,10,13H,6-9,11H2,1-3H3. The van der Waals surface area contributed by atoms with Crippen LogP contribution < -0.4 is 4.74 Å². The van der Waals surface area contributed by atoms with E-state index in [1.165, 1.54) is 36.0 Å². The van der Waals surface area contributed by atoms with Crippen molar-refractivity contribution in [2.75, 3.05) is 34.3 Å². The molecule has 2 rings (SSSR count). The van der Waals surface area contributed by atoms with Crippen molar-refractivity contribution < 1.29 is 4.74 Å². The van der Waals surface area contributed by atoms with E-state index in [0.717, 1.165) is 18.3 Å². The minimum atomic E-state index is 0.741. The van der Waals surface area contributed by atoms with Gasteiger partial charge in [-0.2, -0.15) is 0 Å². The van der Waals surface area contributed by atoms with Crippen LogP contribution in [0.2, 0.25) is 0 Å². The number of benzene rings is 1. The molecule has 0 unspecified atom stereocenters. The highest BCUT2D eigenvalue weighted by Gasteiger charge is 2.21. The fraction of sp³-hybridized carbons (Fsp3) is 0.600. The molecule has 1 aliphatic rings. The molecule has 0 spiro atoms. The third-order valence-corrected chi connectivity index (χ3v) is 4.71. The van der Waals surface area contributed by atoms with Crippen LogP contribution in [0.4, 0.5) is 0 Å². The molecule has 3 nitrogen and oxygen atoms in total. The Labute approximate surface area is 124 Å². The summed E-state index contributed by atoms with van der Waals surface area (Å²) in [6.45, 7) is 3.34. The van der Waals surface area contributed by atoms with Crippen molar-refractivity contribution in [3.8, 4) is 5.75 Å². The number of nitrogens with zero attached hydrogens (tertiary/aromatic N) is 2. The number of hydrogen-bond donors (Lipinski definition) is 0. The summed E-state index contributed by atoms with van der Waals surface area (Å²) in [4.78, 5) is 4.87. The monoisotopic (exact) mass is 326 g/mol. The van der Waals surface area contributed by atoms with E-state index in [1.807, 2.05) is 6.07 Å². The van der Waals surface area contributed by atoms with E-state index >= 15 is 0 Å². The summed E-state index contributed by atoms with van der Waals surface area (Å²) in [7, 11) is 6.08. The molecule has 0 saturated carbocycles. The summed E-state index contributed by atoms with van der Waals surface area (Å²) in [6.07, 6.45) is 2.52. The Balaban J connectivity index is 1.95. The van der Waals surface area contributed by atoms with Gasteiger partial charge in [0.2, 0.25) is 0 Å². The number of halogens is 1. The van der Waals surface area contributed by atoms with Crippen LogP contribution in [0.3, 0.4) is 0 Å². The van der Waals surface area contributed by atoms with Crippen LogP contribution in [0, 0.1) is 0 Å². The molecule has 0 aromatic heterocycles. The molecule has 1 aromatic rings. The Morgan fingerprint density at radius 2 is 2.00 bits per heavy atom. The Morgan fingerprint density at radius 1 is 1.32 bits per heavy atom. The van der Waals surface area contributed by atoms with E-state index in [1.54, 1.807) is 7.11 Å². The van der Waals surface area contributed by atoms with E-state index in [2.05, 4.69) is 52.0 Å². The van der Waals surface area contributed by atoms with Gasteiger partial charge in [-0.1, -0.05) is 15.9 Å². The predicted molar refractivity (Wildman–Crippen MR) is 82.7 cm³/mol. The maximum atomic E-state index is 5.30. The number of rotatable bonds is 4. The van der Waals surface area contributed by atoms with Gasteiger partial charge in [-0.3, -0.25) is 4.90 Å². The largest absolute Gasteiger partial charge is 0.497 e.